The van der Waals surface area contributed by atoms with E-state index in [0.29, 0.717) is 39.3 Å². The molecule has 0 N–H and O–H groups in total. The molecule has 3 aromatic carbocycles. The largest absolute Gasteiger partial charge is 0.494 e. The summed E-state index contributed by atoms with van der Waals surface area (Å²) in [6.45, 7) is 2.37. The summed E-state index contributed by atoms with van der Waals surface area (Å²) < 4.78 is 12.2. The van der Waals surface area contributed by atoms with Crippen molar-refractivity contribution in [3.8, 4) is 17.5 Å². The van der Waals surface area contributed by atoms with Crippen LogP contribution < -0.4 is 19.5 Å². The number of esters is 1. The number of rotatable bonds is 7. The number of Topliss-reactive ketones (excluding diaryl/α,β-unsaturated/α-hetero) is 1. The van der Waals surface area contributed by atoms with Gasteiger partial charge >= 0.3 is 5.97 Å². The van der Waals surface area contributed by atoms with Crippen LogP contribution >= 0.6 is 11.3 Å². The number of carbonyl (C=O) groups is 2. The number of ether oxygens (including phenoxy) is 2. The van der Waals surface area contributed by atoms with Crippen LogP contribution in [-0.4, -0.2) is 30.0 Å². The number of hydrogen-bond acceptors (Lipinski definition) is 7. The van der Waals surface area contributed by atoms with Crippen molar-refractivity contribution in [1.82, 2.24) is 4.57 Å². The van der Waals surface area contributed by atoms with Crippen LogP contribution in [-0.2, 0) is 4.74 Å². The molecule has 0 fully saturated rings. The Kier molecular flexibility index (Phi) is 7.77. The van der Waals surface area contributed by atoms with Crippen LogP contribution in [0.15, 0.2) is 83.7 Å². The van der Waals surface area contributed by atoms with E-state index in [1.807, 2.05) is 13.0 Å². The van der Waals surface area contributed by atoms with Crippen LogP contribution in [0.25, 0.3) is 17.3 Å². The zero-order chi connectivity index (χ0) is 26.4. The van der Waals surface area contributed by atoms with E-state index in [9.17, 15) is 19.6 Å². The highest BCUT2D eigenvalue weighted by Gasteiger charge is 2.18. The summed E-state index contributed by atoms with van der Waals surface area (Å²) in [5, 5.41) is 10.0. The van der Waals surface area contributed by atoms with Gasteiger partial charge in [0, 0.05) is 5.56 Å². The van der Waals surface area contributed by atoms with Crippen LogP contribution in [0, 0.1) is 11.3 Å². The molecule has 0 aliphatic heterocycles. The lowest BCUT2D eigenvalue weighted by atomic mass is 10.1. The van der Waals surface area contributed by atoms with Crippen molar-refractivity contribution in [3.63, 3.8) is 0 Å². The predicted molar refractivity (Wildman–Crippen MR) is 141 cm³/mol. The zero-order valence-electron chi connectivity index (χ0n) is 20.1. The molecule has 0 radical (unpaired) electrons. The smallest absolute Gasteiger partial charge is 0.337 e. The molecule has 0 aliphatic rings. The molecule has 4 rings (SSSR count). The number of methoxy groups -OCH3 is 1. The van der Waals surface area contributed by atoms with Gasteiger partial charge in [0.15, 0.2) is 0 Å². The summed E-state index contributed by atoms with van der Waals surface area (Å²) in [7, 11) is 1.30. The molecular formula is C29H22N2O5S. The zero-order valence-corrected chi connectivity index (χ0v) is 21.0. The van der Waals surface area contributed by atoms with Crippen LogP contribution in [0.1, 0.15) is 33.2 Å². The van der Waals surface area contributed by atoms with Crippen molar-refractivity contribution in [3.05, 3.63) is 115 Å². The van der Waals surface area contributed by atoms with Crippen LogP contribution in [0.3, 0.4) is 0 Å². The van der Waals surface area contributed by atoms with Crippen molar-refractivity contribution in [1.29, 1.82) is 5.26 Å². The fourth-order valence-corrected chi connectivity index (χ4v) is 4.76. The molecule has 0 saturated carbocycles. The SMILES string of the molecule is CCOc1ccc(-n2c(=C(C#N)C(=O)c3ccccc3)sc(=Cc3ccc(C(=O)OC)cc3)c2=O)cc1. The Hall–Kier alpha value is -4.74. The fourth-order valence-electron chi connectivity index (χ4n) is 3.66. The number of hydrogen-bond donors (Lipinski definition) is 0. The molecule has 37 heavy (non-hydrogen) atoms. The van der Waals surface area contributed by atoms with Gasteiger partial charge in [-0.15, -0.1) is 11.3 Å². The molecule has 0 amide bonds. The van der Waals surface area contributed by atoms with Crippen molar-refractivity contribution in [2.24, 2.45) is 0 Å². The predicted octanol–water partition coefficient (Wildman–Crippen LogP) is 3.47. The average molecular weight is 511 g/mol. The number of ketones is 1. The molecule has 1 heterocycles. The molecule has 0 bridgehead atoms. The Balaban J connectivity index is 1.95. The van der Waals surface area contributed by atoms with Gasteiger partial charge in [0.25, 0.3) is 5.56 Å². The minimum absolute atomic E-state index is 0.136. The van der Waals surface area contributed by atoms with Crippen molar-refractivity contribution in [2.45, 2.75) is 6.92 Å². The molecule has 184 valence electrons. The van der Waals surface area contributed by atoms with Crippen molar-refractivity contribution >= 4 is 34.7 Å². The second-order valence-electron chi connectivity index (χ2n) is 7.78. The molecule has 0 spiro atoms. The lowest BCUT2D eigenvalue weighted by Gasteiger charge is -2.06. The Morgan fingerprint density at radius 3 is 2.24 bits per heavy atom. The maximum absolute atomic E-state index is 13.6. The van der Waals surface area contributed by atoms with Crippen LogP contribution in [0.2, 0.25) is 0 Å². The number of nitriles is 1. The Labute approximate surface area is 216 Å². The summed E-state index contributed by atoms with van der Waals surface area (Å²) in [5.74, 6) is -0.299. The van der Waals surface area contributed by atoms with Crippen molar-refractivity contribution < 1.29 is 19.1 Å². The van der Waals surface area contributed by atoms with Crippen LogP contribution in [0.4, 0.5) is 0 Å². The number of aromatic nitrogens is 1. The van der Waals surface area contributed by atoms with E-state index in [0.717, 1.165) is 11.3 Å². The van der Waals surface area contributed by atoms with Gasteiger partial charge in [-0.3, -0.25) is 14.2 Å². The van der Waals surface area contributed by atoms with E-state index in [2.05, 4.69) is 0 Å². The first kappa shape index (κ1) is 25.4. The van der Waals surface area contributed by atoms with Gasteiger partial charge in [-0.1, -0.05) is 42.5 Å². The average Bonchev–Trinajstić information content (AvgIpc) is 3.25. The fraction of sp³-hybridized carbons (Fsp3) is 0.103. The van der Waals surface area contributed by atoms with Gasteiger partial charge in [0.1, 0.15) is 22.1 Å². The molecule has 4 aromatic rings. The second-order valence-corrected chi connectivity index (χ2v) is 8.81. The molecule has 7 nitrogen and oxygen atoms in total. The maximum atomic E-state index is 13.6. The highest BCUT2D eigenvalue weighted by Crippen LogP contribution is 2.15. The van der Waals surface area contributed by atoms with E-state index in [4.69, 9.17) is 9.47 Å². The van der Waals surface area contributed by atoms with E-state index in [1.54, 1.807) is 84.9 Å². The molecule has 0 aliphatic carbocycles. The monoisotopic (exact) mass is 510 g/mol. The molecule has 8 heteroatoms. The van der Waals surface area contributed by atoms with E-state index >= 15 is 0 Å². The summed E-state index contributed by atoms with van der Waals surface area (Å²) in [6.07, 6.45) is 1.66. The summed E-state index contributed by atoms with van der Waals surface area (Å²) >= 11 is 1.05. The molecule has 0 unspecified atom stereocenters. The molecular weight excluding hydrogens is 488 g/mol. The Morgan fingerprint density at radius 1 is 0.973 bits per heavy atom. The quantitative estimate of drug-likeness (QED) is 0.279. The highest BCUT2D eigenvalue weighted by atomic mass is 32.1. The van der Waals surface area contributed by atoms with E-state index in [1.165, 1.54) is 11.7 Å². The first-order chi connectivity index (χ1) is 18.0. The number of thiazole rings is 1. The van der Waals surface area contributed by atoms with Gasteiger partial charge in [-0.2, -0.15) is 5.26 Å². The topological polar surface area (TPSA) is 98.4 Å². The summed E-state index contributed by atoms with van der Waals surface area (Å²) in [5.41, 5.74) is 1.38. The third kappa shape index (κ3) is 5.42. The van der Waals surface area contributed by atoms with Gasteiger partial charge in [-0.25, -0.2) is 4.79 Å². The first-order valence-corrected chi connectivity index (χ1v) is 12.2. The minimum atomic E-state index is -0.474. The van der Waals surface area contributed by atoms with Crippen molar-refractivity contribution in [2.75, 3.05) is 13.7 Å². The van der Waals surface area contributed by atoms with E-state index < -0.39 is 11.8 Å². The summed E-state index contributed by atoms with van der Waals surface area (Å²) in [6, 6.07) is 23.9. The minimum Gasteiger partial charge on any atom is -0.494 e. The third-order valence-electron chi connectivity index (χ3n) is 5.45. The molecule has 0 atom stereocenters. The highest BCUT2D eigenvalue weighted by molar-refractivity contribution is 7.07. The standard InChI is InChI=1S/C29H22N2O5S/c1-3-36-23-15-13-22(14-16-23)31-27(33)25(17-19-9-11-21(12-10-19)29(34)35-2)37-28(31)24(18-30)26(32)20-7-5-4-6-8-20/h4-17H,3H2,1-2H3. The van der Waals surface area contributed by atoms with Gasteiger partial charge in [0.05, 0.1) is 29.5 Å². The number of benzene rings is 3. The van der Waals surface area contributed by atoms with Crippen LogP contribution in [0.5, 0.6) is 5.75 Å². The Morgan fingerprint density at radius 2 is 1.65 bits per heavy atom. The van der Waals surface area contributed by atoms with E-state index in [-0.39, 0.29) is 15.8 Å². The molecule has 1 aromatic heterocycles. The van der Waals surface area contributed by atoms with Gasteiger partial charge in [0.2, 0.25) is 5.78 Å². The van der Waals surface area contributed by atoms with Gasteiger partial charge < -0.3 is 9.47 Å². The second kappa shape index (κ2) is 11.3. The first-order valence-electron chi connectivity index (χ1n) is 11.4. The summed E-state index contributed by atoms with van der Waals surface area (Å²) in [4.78, 5) is 38.6. The maximum Gasteiger partial charge on any atom is 0.337 e. The number of carbonyl (C=O) groups excluding carboxylic acids is 2. The lowest BCUT2D eigenvalue weighted by Crippen LogP contribution is -2.31. The number of nitrogens with zero attached hydrogens (tertiary/aromatic N) is 2. The Bertz CT molecular complexity index is 1660. The molecule has 0 saturated heterocycles. The van der Waals surface area contributed by atoms with Gasteiger partial charge in [-0.05, 0) is 55.0 Å². The normalized spacial score (nSPS) is 12.0. The lowest BCUT2D eigenvalue weighted by molar-refractivity contribution is 0.0600. The third-order valence-corrected chi connectivity index (χ3v) is 6.54.